The molecule has 0 saturated heterocycles. The molecule has 9 aromatic rings. The Kier molecular flexibility index (Phi) is 5.57. The Hall–Kier alpha value is -5.79. The summed E-state index contributed by atoms with van der Waals surface area (Å²) >= 11 is 0. The van der Waals surface area contributed by atoms with Crippen molar-refractivity contribution in [1.82, 2.24) is 4.98 Å². The molecule has 0 spiro atoms. The third kappa shape index (κ3) is 3.76. The first kappa shape index (κ1) is 24.8. The molecule has 44 heavy (non-hydrogen) atoms. The standard InChI is InChI=1S/C43H27N/c1-2-12-28(13-3-1)42-36-18-8-10-20-38(36)43(39-21-11-9-19-37(39)42)41-25-23-30(27-44-41)29-22-24-35-33-16-5-4-14-31(33)32-15-6-7-17-34(32)40(35)26-29/h1-27H. The summed E-state index contributed by atoms with van der Waals surface area (Å²) in [7, 11) is 0. The lowest BCUT2D eigenvalue weighted by Crippen LogP contribution is -1.92. The van der Waals surface area contributed by atoms with E-state index in [1.54, 1.807) is 0 Å². The molecule has 0 N–H and O–H groups in total. The van der Waals surface area contributed by atoms with Crippen molar-refractivity contribution in [3.05, 3.63) is 164 Å². The number of aromatic nitrogens is 1. The van der Waals surface area contributed by atoms with Crippen molar-refractivity contribution >= 4 is 53.9 Å². The first-order valence-electron chi connectivity index (χ1n) is 15.1. The molecule has 1 aromatic heterocycles. The zero-order valence-electron chi connectivity index (χ0n) is 24.0. The van der Waals surface area contributed by atoms with Crippen LogP contribution in [0.3, 0.4) is 0 Å². The fraction of sp³-hybridized carbons (Fsp3) is 0. The van der Waals surface area contributed by atoms with E-state index >= 15 is 0 Å². The molecule has 1 heterocycles. The minimum absolute atomic E-state index is 0.984. The predicted molar refractivity (Wildman–Crippen MR) is 188 cm³/mol. The number of benzene rings is 8. The van der Waals surface area contributed by atoms with Crippen molar-refractivity contribution in [2.24, 2.45) is 0 Å². The summed E-state index contributed by atoms with van der Waals surface area (Å²) in [5, 5.41) is 12.6. The molecule has 8 aromatic carbocycles. The smallest absolute Gasteiger partial charge is 0.0714 e. The molecule has 0 bridgehead atoms. The topological polar surface area (TPSA) is 12.9 Å². The van der Waals surface area contributed by atoms with Gasteiger partial charge in [-0.3, -0.25) is 4.98 Å². The Labute approximate surface area is 255 Å². The Balaban J connectivity index is 1.23. The fourth-order valence-electron chi connectivity index (χ4n) is 7.12. The van der Waals surface area contributed by atoms with Crippen LogP contribution in [0.5, 0.6) is 0 Å². The maximum absolute atomic E-state index is 5.12. The van der Waals surface area contributed by atoms with Crippen LogP contribution in [0.1, 0.15) is 0 Å². The highest BCUT2D eigenvalue weighted by Gasteiger charge is 2.17. The molecular formula is C43H27N. The summed E-state index contributed by atoms with van der Waals surface area (Å²) in [5.41, 5.74) is 6.95. The predicted octanol–water partition coefficient (Wildman–Crippen LogP) is 11.8. The minimum atomic E-state index is 0.984. The van der Waals surface area contributed by atoms with Crippen LogP contribution in [0.15, 0.2) is 164 Å². The van der Waals surface area contributed by atoms with Gasteiger partial charge in [-0.15, -0.1) is 0 Å². The number of pyridine rings is 1. The van der Waals surface area contributed by atoms with E-state index < -0.39 is 0 Å². The molecule has 0 aliphatic heterocycles. The van der Waals surface area contributed by atoms with E-state index in [1.807, 2.05) is 6.20 Å². The highest BCUT2D eigenvalue weighted by Crippen LogP contribution is 2.43. The molecular weight excluding hydrogens is 530 g/mol. The molecule has 1 heteroatoms. The molecule has 0 aliphatic carbocycles. The highest BCUT2D eigenvalue weighted by molar-refractivity contribution is 6.26. The summed E-state index contributed by atoms with van der Waals surface area (Å²) in [4.78, 5) is 5.12. The third-order valence-electron chi connectivity index (χ3n) is 9.09. The quantitative estimate of drug-likeness (QED) is 0.155. The number of nitrogens with zero attached hydrogens (tertiary/aromatic N) is 1. The van der Waals surface area contributed by atoms with Gasteiger partial charge in [0.25, 0.3) is 0 Å². The average Bonchev–Trinajstić information content (AvgIpc) is 3.11. The molecule has 9 rings (SSSR count). The first-order chi connectivity index (χ1) is 21.8. The molecule has 1 nitrogen and oxygen atoms in total. The summed E-state index contributed by atoms with van der Waals surface area (Å²) < 4.78 is 0. The molecule has 0 amide bonds. The van der Waals surface area contributed by atoms with E-state index in [1.165, 1.54) is 76.1 Å². The van der Waals surface area contributed by atoms with E-state index in [2.05, 4.69) is 158 Å². The monoisotopic (exact) mass is 557 g/mol. The van der Waals surface area contributed by atoms with Gasteiger partial charge in [-0.1, -0.05) is 146 Å². The zero-order chi connectivity index (χ0) is 29.0. The maximum atomic E-state index is 5.12. The normalized spacial score (nSPS) is 11.6. The van der Waals surface area contributed by atoms with Crippen LogP contribution in [-0.4, -0.2) is 4.98 Å². The second-order valence-corrected chi connectivity index (χ2v) is 11.5. The number of hydrogen-bond acceptors (Lipinski definition) is 1. The fourth-order valence-corrected chi connectivity index (χ4v) is 7.12. The van der Waals surface area contributed by atoms with E-state index in [0.717, 1.165) is 11.3 Å². The van der Waals surface area contributed by atoms with Crippen molar-refractivity contribution in [1.29, 1.82) is 0 Å². The van der Waals surface area contributed by atoms with Crippen molar-refractivity contribution in [2.75, 3.05) is 0 Å². The Morgan fingerprint density at radius 3 is 1.23 bits per heavy atom. The SMILES string of the molecule is c1ccc(-c2c3ccccc3c(-c3ccc(-c4ccc5c6ccccc6c6ccccc6c5c4)cn3)c3ccccc23)cc1. The van der Waals surface area contributed by atoms with Gasteiger partial charge < -0.3 is 0 Å². The average molecular weight is 558 g/mol. The molecule has 0 fully saturated rings. The van der Waals surface area contributed by atoms with Crippen LogP contribution < -0.4 is 0 Å². The third-order valence-corrected chi connectivity index (χ3v) is 9.09. The summed E-state index contributed by atoms with van der Waals surface area (Å²) in [5.74, 6) is 0. The van der Waals surface area contributed by atoms with Gasteiger partial charge in [0.1, 0.15) is 0 Å². The lowest BCUT2D eigenvalue weighted by molar-refractivity contribution is 1.34. The second-order valence-electron chi connectivity index (χ2n) is 11.5. The van der Waals surface area contributed by atoms with E-state index in [4.69, 9.17) is 4.98 Å². The number of fused-ring (bicyclic) bond motifs is 8. The van der Waals surface area contributed by atoms with Gasteiger partial charge in [0.05, 0.1) is 5.69 Å². The van der Waals surface area contributed by atoms with Crippen molar-refractivity contribution in [3.8, 4) is 33.5 Å². The van der Waals surface area contributed by atoms with Crippen molar-refractivity contribution < 1.29 is 0 Å². The lowest BCUT2D eigenvalue weighted by Gasteiger charge is -2.17. The Bertz CT molecular complexity index is 2430. The Morgan fingerprint density at radius 2 is 0.705 bits per heavy atom. The molecule has 0 atom stereocenters. The Morgan fingerprint density at radius 1 is 0.273 bits per heavy atom. The van der Waals surface area contributed by atoms with Gasteiger partial charge in [0.15, 0.2) is 0 Å². The van der Waals surface area contributed by atoms with Crippen LogP contribution in [-0.2, 0) is 0 Å². The number of rotatable bonds is 3. The largest absolute Gasteiger partial charge is 0.256 e. The van der Waals surface area contributed by atoms with Crippen molar-refractivity contribution in [2.45, 2.75) is 0 Å². The van der Waals surface area contributed by atoms with Gasteiger partial charge in [-0.25, -0.2) is 0 Å². The van der Waals surface area contributed by atoms with Gasteiger partial charge in [-0.05, 0) is 82.7 Å². The minimum Gasteiger partial charge on any atom is -0.256 e. The van der Waals surface area contributed by atoms with Gasteiger partial charge >= 0.3 is 0 Å². The molecule has 0 saturated carbocycles. The summed E-state index contributed by atoms with van der Waals surface area (Å²) in [6.45, 7) is 0. The van der Waals surface area contributed by atoms with Gasteiger partial charge in [0.2, 0.25) is 0 Å². The van der Waals surface area contributed by atoms with Gasteiger partial charge in [0, 0.05) is 17.3 Å². The van der Waals surface area contributed by atoms with Crippen LogP contribution in [0.2, 0.25) is 0 Å². The molecule has 0 aliphatic rings. The summed E-state index contributed by atoms with van der Waals surface area (Å²) in [6.07, 6.45) is 2.04. The van der Waals surface area contributed by atoms with Crippen molar-refractivity contribution in [3.63, 3.8) is 0 Å². The van der Waals surface area contributed by atoms with Crippen LogP contribution in [0.25, 0.3) is 87.4 Å². The molecule has 0 radical (unpaired) electrons. The first-order valence-corrected chi connectivity index (χ1v) is 15.1. The van der Waals surface area contributed by atoms with Gasteiger partial charge in [-0.2, -0.15) is 0 Å². The van der Waals surface area contributed by atoms with E-state index in [0.29, 0.717) is 0 Å². The highest BCUT2D eigenvalue weighted by atomic mass is 14.7. The van der Waals surface area contributed by atoms with E-state index in [9.17, 15) is 0 Å². The zero-order valence-corrected chi connectivity index (χ0v) is 24.0. The van der Waals surface area contributed by atoms with Crippen LogP contribution >= 0.6 is 0 Å². The molecule has 0 unspecified atom stereocenters. The summed E-state index contributed by atoms with van der Waals surface area (Å²) in [6, 6.07) is 56.9. The second kappa shape index (κ2) is 9.90. The number of hydrogen-bond donors (Lipinski definition) is 0. The van der Waals surface area contributed by atoms with E-state index in [-0.39, 0.29) is 0 Å². The lowest BCUT2D eigenvalue weighted by atomic mass is 9.87. The molecule has 204 valence electrons. The van der Waals surface area contributed by atoms with Crippen LogP contribution in [0, 0.1) is 0 Å². The van der Waals surface area contributed by atoms with Crippen LogP contribution in [0.4, 0.5) is 0 Å². The maximum Gasteiger partial charge on any atom is 0.0714 e.